The van der Waals surface area contributed by atoms with E-state index in [1.807, 2.05) is 0 Å². The molecule has 0 aromatic carbocycles. The first-order valence-electron chi connectivity index (χ1n) is 4.00. The van der Waals surface area contributed by atoms with Crippen molar-refractivity contribution in [3.8, 4) is 11.3 Å². The van der Waals surface area contributed by atoms with Gasteiger partial charge in [-0.3, -0.25) is 4.98 Å². The van der Waals surface area contributed by atoms with E-state index in [2.05, 4.69) is 9.97 Å². The summed E-state index contributed by atoms with van der Waals surface area (Å²) in [5.74, 6) is -1.50. The van der Waals surface area contributed by atoms with E-state index >= 15 is 0 Å². The first kappa shape index (κ1) is 8.74. The summed E-state index contributed by atoms with van der Waals surface area (Å²) >= 11 is 0. The quantitative estimate of drug-likeness (QED) is 0.648. The van der Waals surface area contributed by atoms with E-state index in [1.54, 1.807) is 12.1 Å². The lowest BCUT2D eigenvalue weighted by molar-refractivity contribution is 0.557. The molecule has 0 atom stereocenters. The van der Waals surface area contributed by atoms with Gasteiger partial charge in [0.25, 0.3) is 0 Å². The average molecular weight is 192 g/mol. The zero-order valence-corrected chi connectivity index (χ0v) is 7.11. The third-order valence-corrected chi connectivity index (χ3v) is 1.77. The van der Waals surface area contributed by atoms with Gasteiger partial charge < -0.3 is 0 Å². The van der Waals surface area contributed by atoms with Crippen LogP contribution < -0.4 is 0 Å². The molecule has 0 N–H and O–H groups in total. The van der Waals surface area contributed by atoms with Crippen LogP contribution in [0.15, 0.2) is 36.7 Å². The second-order valence-corrected chi connectivity index (χ2v) is 2.67. The molecule has 2 heterocycles. The van der Waals surface area contributed by atoms with Crippen LogP contribution in [0, 0.1) is 11.8 Å². The number of hydrogen-bond acceptors (Lipinski definition) is 2. The summed E-state index contributed by atoms with van der Waals surface area (Å²) in [6, 6.07) is 5.97. The molecule has 2 nitrogen and oxygen atoms in total. The minimum absolute atomic E-state index is 0.187. The highest BCUT2D eigenvalue weighted by Gasteiger charge is 2.12. The summed E-state index contributed by atoms with van der Waals surface area (Å²) in [4.78, 5) is 7.22. The lowest BCUT2D eigenvalue weighted by atomic mass is 10.2. The Morgan fingerprint density at radius 2 is 1.79 bits per heavy atom. The zero-order chi connectivity index (χ0) is 9.97. The first-order chi connectivity index (χ1) is 6.79. The molecule has 0 saturated heterocycles. The maximum atomic E-state index is 13.2. The maximum absolute atomic E-state index is 13.2. The fourth-order valence-corrected chi connectivity index (χ4v) is 1.15. The van der Waals surface area contributed by atoms with Crippen molar-refractivity contribution in [3.63, 3.8) is 0 Å². The monoisotopic (exact) mass is 192 g/mol. The lowest BCUT2D eigenvalue weighted by Crippen LogP contribution is -1.94. The Morgan fingerprint density at radius 1 is 0.929 bits per heavy atom. The minimum atomic E-state index is -0.844. The standard InChI is InChI=1S/C10H6F2N2/c11-7-4-6-14-10(12)9(7)8-3-1-2-5-13-8/h1-6H. The minimum Gasteiger partial charge on any atom is -0.256 e. The van der Waals surface area contributed by atoms with Gasteiger partial charge in [0.05, 0.1) is 11.3 Å². The molecule has 2 aromatic rings. The predicted octanol–water partition coefficient (Wildman–Crippen LogP) is 2.42. The molecule has 0 bridgehead atoms. The van der Waals surface area contributed by atoms with Crippen molar-refractivity contribution in [2.24, 2.45) is 0 Å². The molecular formula is C10H6F2N2. The highest BCUT2D eigenvalue weighted by molar-refractivity contribution is 5.58. The van der Waals surface area contributed by atoms with Gasteiger partial charge in [0, 0.05) is 12.4 Å². The summed E-state index contributed by atoms with van der Waals surface area (Å²) in [5, 5.41) is 0. The molecule has 0 saturated carbocycles. The van der Waals surface area contributed by atoms with Crippen LogP contribution in [0.4, 0.5) is 8.78 Å². The van der Waals surface area contributed by atoms with Crippen molar-refractivity contribution in [2.45, 2.75) is 0 Å². The number of aromatic nitrogens is 2. The molecule has 0 spiro atoms. The Kier molecular flexibility index (Phi) is 2.18. The van der Waals surface area contributed by atoms with Crippen LogP contribution in [0.25, 0.3) is 11.3 Å². The first-order valence-corrected chi connectivity index (χ1v) is 4.00. The predicted molar refractivity (Wildman–Crippen MR) is 47.4 cm³/mol. The number of hydrogen-bond donors (Lipinski definition) is 0. The molecule has 0 amide bonds. The molecule has 0 unspecified atom stereocenters. The van der Waals surface area contributed by atoms with Gasteiger partial charge in [-0.05, 0) is 18.2 Å². The summed E-state index contributed by atoms with van der Waals surface area (Å²) in [5.41, 5.74) is 0.0590. The van der Waals surface area contributed by atoms with Crippen LogP contribution in [-0.2, 0) is 0 Å². The summed E-state index contributed by atoms with van der Waals surface area (Å²) in [6.45, 7) is 0. The van der Waals surface area contributed by atoms with E-state index in [0.29, 0.717) is 0 Å². The smallest absolute Gasteiger partial charge is 0.225 e. The van der Waals surface area contributed by atoms with Crippen LogP contribution in [0.1, 0.15) is 0 Å². The van der Waals surface area contributed by atoms with E-state index in [4.69, 9.17) is 0 Å². The molecule has 2 rings (SSSR count). The molecule has 2 aromatic heterocycles. The fraction of sp³-hybridized carbons (Fsp3) is 0. The van der Waals surface area contributed by atoms with E-state index < -0.39 is 11.8 Å². The molecule has 70 valence electrons. The number of rotatable bonds is 1. The molecular weight excluding hydrogens is 186 g/mol. The third kappa shape index (κ3) is 1.46. The van der Waals surface area contributed by atoms with Crippen LogP contribution >= 0.6 is 0 Å². The maximum Gasteiger partial charge on any atom is 0.225 e. The van der Waals surface area contributed by atoms with Gasteiger partial charge >= 0.3 is 0 Å². The Labute approximate surface area is 79.3 Å². The molecule has 0 aliphatic carbocycles. The Hall–Kier alpha value is -1.84. The highest BCUT2D eigenvalue weighted by Crippen LogP contribution is 2.21. The Bertz CT molecular complexity index is 423. The highest BCUT2D eigenvalue weighted by atomic mass is 19.1. The van der Waals surface area contributed by atoms with Crippen molar-refractivity contribution in [3.05, 3.63) is 48.4 Å². The van der Waals surface area contributed by atoms with E-state index in [1.165, 1.54) is 12.3 Å². The Balaban J connectivity index is 2.63. The van der Waals surface area contributed by atoms with Gasteiger partial charge in [0.15, 0.2) is 0 Å². The third-order valence-electron chi connectivity index (χ3n) is 1.77. The van der Waals surface area contributed by atoms with Crippen molar-refractivity contribution in [1.29, 1.82) is 0 Å². The molecule has 0 fully saturated rings. The fourth-order valence-electron chi connectivity index (χ4n) is 1.15. The van der Waals surface area contributed by atoms with Crippen LogP contribution in [0.5, 0.6) is 0 Å². The topological polar surface area (TPSA) is 25.8 Å². The number of halogens is 2. The van der Waals surface area contributed by atoms with Crippen molar-refractivity contribution < 1.29 is 8.78 Å². The molecule has 0 aliphatic heterocycles. The van der Waals surface area contributed by atoms with Crippen molar-refractivity contribution in [1.82, 2.24) is 9.97 Å². The molecule has 0 aliphatic rings. The molecule has 14 heavy (non-hydrogen) atoms. The summed E-state index contributed by atoms with van der Waals surface area (Å²) in [7, 11) is 0. The van der Waals surface area contributed by atoms with Gasteiger partial charge in [0.1, 0.15) is 5.82 Å². The molecule has 0 radical (unpaired) electrons. The zero-order valence-electron chi connectivity index (χ0n) is 7.11. The Morgan fingerprint density at radius 3 is 2.43 bits per heavy atom. The average Bonchev–Trinajstić information content (AvgIpc) is 2.19. The second-order valence-electron chi connectivity index (χ2n) is 2.67. The van der Waals surface area contributed by atoms with Gasteiger partial charge in [0.2, 0.25) is 5.95 Å². The van der Waals surface area contributed by atoms with Gasteiger partial charge in [-0.2, -0.15) is 4.39 Å². The summed E-state index contributed by atoms with van der Waals surface area (Å²) < 4.78 is 26.4. The van der Waals surface area contributed by atoms with Gasteiger partial charge in [-0.25, -0.2) is 9.37 Å². The van der Waals surface area contributed by atoms with Crippen molar-refractivity contribution >= 4 is 0 Å². The second kappa shape index (κ2) is 3.49. The SMILES string of the molecule is Fc1ccnc(F)c1-c1ccccn1. The van der Waals surface area contributed by atoms with Gasteiger partial charge in [-0.15, -0.1) is 0 Å². The summed E-state index contributed by atoms with van der Waals surface area (Å²) in [6.07, 6.45) is 2.55. The largest absolute Gasteiger partial charge is 0.256 e. The van der Waals surface area contributed by atoms with E-state index in [0.717, 1.165) is 12.3 Å². The van der Waals surface area contributed by atoms with Crippen LogP contribution in [0.3, 0.4) is 0 Å². The van der Waals surface area contributed by atoms with E-state index in [9.17, 15) is 8.78 Å². The van der Waals surface area contributed by atoms with Crippen LogP contribution in [0.2, 0.25) is 0 Å². The van der Waals surface area contributed by atoms with E-state index in [-0.39, 0.29) is 11.3 Å². The molecule has 4 heteroatoms. The lowest BCUT2D eigenvalue weighted by Gasteiger charge is -2.01. The van der Waals surface area contributed by atoms with Crippen LogP contribution in [-0.4, -0.2) is 9.97 Å². The number of pyridine rings is 2. The normalized spacial score (nSPS) is 10.1. The number of nitrogens with zero attached hydrogens (tertiary/aromatic N) is 2. The van der Waals surface area contributed by atoms with Gasteiger partial charge in [-0.1, -0.05) is 6.07 Å². The van der Waals surface area contributed by atoms with Crippen molar-refractivity contribution in [2.75, 3.05) is 0 Å².